The van der Waals surface area contributed by atoms with Crippen LogP contribution < -0.4 is 10.5 Å². The van der Waals surface area contributed by atoms with Crippen LogP contribution in [0, 0.1) is 6.92 Å². The second kappa shape index (κ2) is 10.8. The Morgan fingerprint density at radius 2 is 1.80 bits per heavy atom. The first-order valence-corrected chi connectivity index (χ1v) is 6.91. The van der Waals surface area contributed by atoms with Gasteiger partial charge in [0.25, 0.3) is 0 Å². The van der Waals surface area contributed by atoms with Crippen molar-refractivity contribution >= 4 is 29.9 Å². The monoisotopic (exact) mass is 391 g/mol. The van der Waals surface area contributed by atoms with Gasteiger partial charge in [-0.25, -0.2) is 0 Å². The Morgan fingerprint density at radius 1 is 1.20 bits per heavy atom. The fourth-order valence-corrected chi connectivity index (χ4v) is 1.73. The molecule has 114 valence electrons. The van der Waals surface area contributed by atoms with E-state index < -0.39 is 0 Å². The van der Waals surface area contributed by atoms with Crippen LogP contribution in [0.15, 0.2) is 29.3 Å². The summed E-state index contributed by atoms with van der Waals surface area (Å²) in [7, 11) is 0. The summed E-state index contributed by atoms with van der Waals surface area (Å²) in [5, 5.41) is 0. The third-order valence-corrected chi connectivity index (χ3v) is 2.95. The van der Waals surface area contributed by atoms with E-state index in [9.17, 15) is 0 Å². The standard InChI is InChI=1S/C15H25N3O.HI/c1-4-18(5-2)15(16)17-11-6-12-19-14-9-7-13(3)8-10-14;/h7-10H,4-6,11-12H2,1-3H3,(H2,16,17);1H. The van der Waals surface area contributed by atoms with Crippen LogP contribution in [0.4, 0.5) is 0 Å². The molecule has 0 radical (unpaired) electrons. The summed E-state index contributed by atoms with van der Waals surface area (Å²) in [5.41, 5.74) is 7.12. The Morgan fingerprint density at radius 3 is 2.35 bits per heavy atom. The summed E-state index contributed by atoms with van der Waals surface area (Å²) in [6, 6.07) is 8.07. The number of aryl methyl sites for hydroxylation is 1. The van der Waals surface area contributed by atoms with Gasteiger partial charge in [0, 0.05) is 26.1 Å². The molecular formula is C15H26IN3O. The Balaban J connectivity index is 0.00000361. The van der Waals surface area contributed by atoms with Crippen molar-refractivity contribution in [2.24, 2.45) is 10.7 Å². The van der Waals surface area contributed by atoms with Crippen LogP contribution in [-0.4, -0.2) is 37.1 Å². The highest BCUT2D eigenvalue weighted by atomic mass is 127. The summed E-state index contributed by atoms with van der Waals surface area (Å²) in [6.07, 6.45) is 0.871. The van der Waals surface area contributed by atoms with Crippen molar-refractivity contribution in [1.29, 1.82) is 0 Å². The molecule has 1 aromatic rings. The Hall–Kier alpha value is -0.980. The normalized spacial score (nSPS) is 10.8. The number of hydrogen-bond acceptors (Lipinski definition) is 2. The van der Waals surface area contributed by atoms with Gasteiger partial charge in [-0.2, -0.15) is 0 Å². The van der Waals surface area contributed by atoms with Gasteiger partial charge in [-0.1, -0.05) is 17.7 Å². The van der Waals surface area contributed by atoms with Gasteiger partial charge in [0.2, 0.25) is 0 Å². The minimum absolute atomic E-state index is 0. The van der Waals surface area contributed by atoms with E-state index in [4.69, 9.17) is 10.5 Å². The minimum atomic E-state index is 0. The first-order valence-electron chi connectivity index (χ1n) is 6.91. The van der Waals surface area contributed by atoms with Crippen LogP contribution in [0.3, 0.4) is 0 Å². The zero-order valence-electron chi connectivity index (χ0n) is 12.6. The van der Waals surface area contributed by atoms with Crippen molar-refractivity contribution in [3.63, 3.8) is 0 Å². The molecule has 0 aromatic heterocycles. The molecule has 1 rings (SSSR count). The average molecular weight is 391 g/mol. The first-order chi connectivity index (χ1) is 9.17. The predicted molar refractivity (Wildman–Crippen MR) is 96.1 cm³/mol. The number of halogens is 1. The van der Waals surface area contributed by atoms with E-state index in [0.717, 1.165) is 25.3 Å². The molecule has 4 nitrogen and oxygen atoms in total. The van der Waals surface area contributed by atoms with E-state index in [1.165, 1.54) is 5.56 Å². The summed E-state index contributed by atoms with van der Waals surface area (Å²) < 4.78 is 5.63. The maximum absolute atomic E-state index is 5.88. The fraction of sp³-hybridized carbons (Fsp3) is 0.533. The van der Waals surface area contributed by atoms with Gasteiger partial charge in [0.05, 0.1) is 6.61 Å². The molecule has 0 atom stereocenters. The molecule has 1 aromatic carbocycles. The van der Waals surface area contributed by atoms with Crippen molar-refractivity contribution in [2.75, 3.05) is 26.2 Å². The second-order valence-electron chi connectivity index (χ2n) is 4.43. The number of rotatable bonds is 7. The number of nitrogens with two attached hydrogens (primary N) is 1. The minimum Gasteiger partial charge on any atom is -0.494 e. The summed E-state index contributed by atoms with van der Waals surface area (Å²) in [5.74, 6) is 1.53. The van der Waals surface area contributed by atoms with Gasteiger partial charge >= 0.3 is 0 Å². The van der Waals surface area contributed by atoms with Crippen molar-refractivity contribution in [2.45, 2.75) is 27.2 Å². The van der Waals surface area contributed by atoms with E-state index in [0.29, 0.717) is 19.1 Å². The highest BCUT2D eigenvalue weighted by molar-refractivity contribution is 14.0. The van der Waals surface area contributed by atoms with E-state index in [-0.39, 0.29) is 24.0 Å². The molecule has 0 aliphatic heterocycles. The molecule has 0 aliphatic rings. The average Bonchev–Trinajstić information content (AvgIpc) is 2.42. The third kappa shape index (κ3) is 6.98. The molecule has 0 saturated carbocycles. The number of guanidine groups is 1. The van der Waals surface area contributed by atoms with Gasteiger partial charge < -0.3 is 15.4 Å². The number of benzene rings is 1. The Bertz CT molecular complexity index is 389. The van der Waals surface area contributed by atoms with Crippen LogP contribution >= 0.6 is 24.0 Å². The van der Waals surface area contributed by atoms with Crippen LogP contribution in [0.1, 0.15) is 25.8 Å². The predicted octanol–water partition coefficient (Wildman–Crippen LogP) is 3.04. The molecule has 0 bridgehead atoms. The number of hydrogen-bond donors (Lipinski definition) is 1. The molecule has 0 heterocycles. The molecule has 5 heteroatoms. The molecule has 0 amide bonds. The van der Waals surface area contributed by atoms with E-state index in [1.807, 2.05) is 29.2 Å². The highest BCUT2D eigenvalue weighted by Crippen LogP contribution is 2.11. The zero-order chi connectivity index (χ0) is 14.1. The molecular weight excluding hydrogens is 365 g/mol. The van der Waals surface area contributed by atoms with Crippen molar-refractivity contribution in [1.82, 2.24) is 4.90 Å². The second-order valence-corrected chi connectivity index (χ2v) is 4.43. The highest BCUT2D eigenvalue weighted by Gasteiger charge is 2.00. The van der Waals surface area contributed by atoms with E-state index >= 15 is 0 Å². The number of ether oxygens (including phenoxy) is 1. The molecule has 0 saturated heterocycles. The molecule has 2 N–H and O–H groups in total. The van der Waals surface area contributed by atoms with Crippen LogP contribution in [0.25, 0.3) is 0 Å². The van der Waals surface area contributed by atoms with E-state index in [1.54, 1.807) is 0 Å². The summed E-state index contributed by atoms with van der Waals surface area (Å²) in [6.45, 7) is 9.37. The van der Waals surface area contributed by atoms with Crippen LogP contribution in [-0.2, 0) is 0 Å². The lowest BCUT2D eigenvalue weighted by atomic mass is 10.2. The largest absolute Gasteiger partial charge is 0.494 e. The quantitative estimate of drug-likeness (QED) is 0.337. The molecule has 0 unspecified atom stereocenters. The Labute approximate surface area is 139 Å². The van der Waals surface area contributed by atoms with Gasteiger partial charge in [-0.05, 0) is 32.9 Å². The lowest BCUT2D eigenvalue weighted by Gasteiger charge is -2.19. The summed E-state index contributed by atoms with van der Waals surface area (Å²) in [4.78, 5) is 6.39. The molecule has 0 spiro atoms. The number of nitrogens with zero attached hydrogens (tertiary/aromatic N) is 2. The molecule has 0 aliphatic carbocycles. The Kier molecular flexibility index (Phi) is 10.2. The van der Waals surface area contributed by atoms with Crippen LogP contribution in [0.2, 0.25) is 0 Å². The van der Waals surface area contributed by atoms with E-state index in [2.05, 4.69) is 25.8 Å². The van der Waals surface area contributed by atoms with Crippen molar-refractivity contribution < 1.29 is 4.74 Å². The van der Waals surface area contributed by atoms with Gasteiger partial charge in [-0.15, -0.1) is 24.0 Å². The first kappa shape index (κ1) is 19.0. The smallest absolute Gasteiger partial charge is 0.191 e. The van der Waals surface area contributed by atoms with Crippen molar-refractivity contribution in [3.05, 3.63) is 29.8 Å². The maximum Gasteiger partial charge on any atom is 0.191 e. The lowest BCUT2D eigenvalue weighted by molar-refractivity contribution is 0.313. The number of aliphatic imine (C=N–C) groups is 1. The zero-order valence-corrected chi connectivity index (χ0v) is 15.0. The topological polar surface area (TPSA) is 50.8 Å². The van der Waals surface area contributed by atoms with Gasteiger partial charge in [0.1, 0.15) is 5.75 Å². The fourth-order valence-electron chi connectivity index (χ4n) is 1.73. The summed E-state index contributed by atoms with van der Waals surface area (Å²) >= 11 is 0. The molecule has 0 fully saturated rings. The van der Waals surface area contributed by atoms with Crippen molar-refractivity contribution in [3.8, 4) is 5.75 Å². The maximum atomic E-state index is 5.88. The van der Waals surface area contributed by atoms with Crippen LogP contribution in [0.5, 0.6) is 5.75 Å². The molecule has 20 heavy (non-hydrogen) atoms. The van der Waals surface area contributed by atoms with Gasteiger partial charge in [-0.3, -0.25) is 4.99 Å². The van der Waals surface area contributed by atoms with Gasteiger partial charge in [0.15, 0.2) is 5.96 Å². The third-order valence-electron chi connectivity index (χ3n) is 2.95. The SMILES string of the molecule is CCN(CC)C(N)=NCCCOc1ccc(C)cc1.I. The lowest BCUT2D eigenvalue weighted by Crippen LogP contribution is -2.37.